The van der Waals surface area contributed by atoms with Gasteiger partial charge in [-0.3, -0.25) is 19.8 Å². The average molecular weight is 349 g/mol. The van der Waals surface area contributed by atoms with Gasteiger partial charge in [-0.15, -0.1) is 10.2 Å². The van der Waals surface area contributed by atoms with Gasteiger partial charge in [0.05, 0.1) is 6.54 Å². The largest absolute Gasteiger partial charge is 0.340 e. The van der Waals surface area contributed by atoms with Crippen molar-refractivity contribution in [1.82, 2.24) is 20.0 Å². The molecule has 3 rings (SSSR count). The molecule has 1 unspecified atom stereocenters. The normalized spacial score (nSPS) is 21.7. The molecular weight excluding hydrogens is 326 g/mol. The Morgan fingerprint density at radius 1 is 1.29 bits per heavy atom. The van der Waals surface area contributed by atoms with Gasteiger partial charge in [0.25, 0.3) is 0 Å². The summed E-state index contributed by atoms with van der Waals surface area (Å²) >= 11 is 1.30. The number of nitrogens with zero attached hydrogens (tertiary/aromatic N) is 4. The fraction of sp³-hybridized carbons (Fsp3) is 0.625. The SMILES string of the molecule is O=C(CN1CCN(C(=O)CC2C=CCCC2)CC1)Nc1nncs1. The van der Waals surface area contributed by atoms with Gasteiger partial charge in [0.15, 0.2) is 0 Å². The second-order valence-corrected chi connectivity index (χ2v) is 7.11. The molecule has 1 aromatic heterocycles. The summed E-state index contributed by atoms with van der Waals surface area (Å²) in [6.07, 6.45) is 8.45. The first kappa shape index (κ1) is 17.0. The van der Waals surface area contributed by atoms with E-state index >= 15 is 0 Å². The van der Waals surface area contributed by atoms with Crippen LogP contribution in [0.2, 0.25) is 0 Å². The van der Waals surface area contributed by atoms with Crippen LogP contribution in [-0.4, -0.2) is 64.5 Å². The first-order valence-corrected chi connectivity index (χ1v) is 9.31. The summed E-state index contributed by atoms with van der Waals surface area (Å²) in [5.41, 5.74) is 1.58. The fourth-order valence-corrected chi connectivity index (χ4v) is 3.61. The van der Waals surface area contributed by atoms with Gasteiger partial charge in [-0.05, 0) is 25.2 Å². The predicted octanol–water partition coefficient (Wildman–Crippen LogP) is 1.37. The Kier molecular flexibility index (Phi) is 5.92. The van der Waals surface area contributed by atoms with Gasteiger partial charge in [0, 0.05) is 32.6 Å². The topological polar surface area (TPSA) is 78.4 Å². The molecule has 24 heavy (non-hydrogen) atoms. The van der Waals surface area contributed by atoms with E-state index in [0.29, 0.717) is 37.1 Å². The highest BCUT2D eigenvalue weighted by Crippen LogP contribution is 2.21. The Morgan fingerprint density at radius 2 is 2.12 bits per heavy atom. The molecule has 0 saturated carbocycles. The Labute approximate surface area is 145 Å². The molecule has 0 aromatic carbocycles. The second kappa shape index (κ2) is 8.34. The van der Waals surface area contributed by atoms with Gasteiger partial charge in [-0.25, -0.2) is 0 Å². The molecular formula is C16H23N5O2S. The maximum atomic E-state index is 12.4. The van der Waals surface area contributed by atoms with E-state index in [2.05, 4.69) is 32.6 Å². The molecule has 1 saturated heterocycles. The minimum atomic E-state index is -0.0844. The average Bonchev–Trinajstić information content (AvgIpc) is 3.09. The maximum Gasteiger partial charge on any atom is 0.240 e. The summed E-state index contributed by atoms with van der Waals surface area (Å²) in [6.45, 7) is 3.18. The first-order valence-electron chi connectivity index (χ1n) is 8.43. The van der Waals surface area contributed by atoms with Crippen molar-refractivity contribution in [3.63, 3.8) is 0 Å². The molecule has 2 amide bonds. The van der Waals surface area contributed by atoms with Crippen molar-refractivity contribution in [2.24, 2.45) is 5.92 Å². The molecule has 1 fully saturated rings. The lowest BCUT2D eigenvalue weighted by atomic mass is 9.92. The maximum absolute atomic E-state index is 12.4. The van der Waals surface area contributed by atoms with Crippen molar-refractivity contribution in [2.75, 3.05) is 38.0 Å². The van der Waals surface area contributed by atoms with Crippen molar-refractivity contribution in [1.29, 1.82) is 0 Å². The Hall–Kier alpha value is -1.80. The van der Waals surface area contributed by atoms with Crippen molar-refractivity contribution in [3.8, 4) is 0 Å². The van der Waals surface area contributed by atoms with Crippen LogP contribution in [0.1, 0.15) is 25.7 Å². The monoisotopic (exact) mass is 349 g/mol. The molecule has 8 heteroatoms. The van der Waals surface area contributed by atoms with Crippen LogP contribution in [0.3, 0.4) is 0 Å². The standard InChI is InChI=1S/C16H23N5O2S/c22-14(18-16-19-17-12-24-16)11-20-6-8-21(9-7-20)15(23)10-13-4-2-1-3-5-13/h2,4,12-13H,1,3,5-11H2,(H,18,19,22). The number of carbonyl (C=O) groups excluding carboxylic acids is 2. The van der Waals surface area contributed by atoms with Gasteiger partial charge in [-0.1, -0.05) is 23.5 Å². The minimum absolute atomic E-state index is 0.0844. The predicted molar refractivity (Wildman–Crippen MR) is 92.7 cm³/mol. The van der Waals surface area contributed by atoms with Crippen LogP contribution in [0, 0.1) is 5.92 Å². The van der Waals surface area contributed by atoms with Gasteiger partial charge in [0.1, 0.15) is 5.51 Å². The number of aromatic nitrogens is 2. The molecule has 1 aliphatic carbocycles. The van der Waals surface area contributed by atoms with Crippen LogP contribution in [0.15, 0.2) is 17.7 Å². The fourth-order valence-electron chi connectivity index (χ4n) is 3.15. The zero-order chi connectivity index (χ0) is 16.8. The third-order valence-corrected chi connectivity index (χ3v) is 5.10. The van der Waals surface area contributed by atoms with E-state index in [1.807, 2.05) is 4.90 Å². The van der Waals surface area contributed by atoms with E-state index in [9.17, 15) is 9.59 Å². The number of hydrogen-bond donors (Lipinski definition) is 1. The lowest BCUT2D eigenvalue weighted by Gasteiger charge is -2.35. The van der Waals surface area contributed by atoms with Crippen LogP contribution in [0.4, 0.5) is 5.13 Å². The molecule has 130 valence electrons. The van der Waals surface area contributed by atoms with Crippen molar-refractivity contribution in [3.05, 3.63) is 17.7 Å². The quantitative estimate of drug-likeness (QED) is 0.812. The molecule has 1 atom stereocenters. The third-order valence-electron chi connectivity index (χ3n) is 4.49. The van der Waals surface area contributed by atoms with E-state index in [1.54, 1.807) is 5.51 Å². The first-order chi connectivity index (χ1) is 11.7. The summed E-state index contributed by atoms with van der Waals surface area (Å²) in [7, 11) is 0. The molecule has 0 radical (unpaired) electrons. The number of nitrogens with one attached hydrogen (secondary N) is 1. The Balaban J connectivity index is 1.38. The number of carbonyl (C=O) groups is 2. The zero-order valence-electron chi connectivity index (χ0n) is 13.7. The van der Waals surface area contributed by atoms with Crippen molar-refractivity contribution >= 4 is 28.3 Å². The molecule has 0 spiro atoms. The lowest BCUT2D eigenvalue weighted by Crippen LogP contribution is -2.50. The van der Waals surface area contributed by atoms with Crippen LogP contribution in [-0.2, 0) is 9.59 Å². The molecule has 0 bridgehead atoms. The molecule has 1 aliphatic heterocycles. The molecule has 1 N–H and O–H groups in total. The van der Waals surface area contributed by atoms with Crippen LogP contribution in [0.5, 0.6) is 0 Å². The van der Waals surface area contributed by atoms with E-state index in [0.717, 1.165) is 25.9 Å². The number of amides is 2. The molecule has 2 heterocycles. The summed E-state index contributed by atoms with van der Waals surface area (Å²) in [4.78, 5) is 28.3. The van der Waals surface area contributed by atoms with Gasteiger partial charge >= 0.3 is 0 Å². The summed E-state index contributed by atoms with van der Waals surface area (Å²) in [5.74, 6) is 0.561. The summed E-state index contributed by atoms with van der Waals surface area (Å²) in [5, 5.41) is 10.7. The lowest BCUT2D eigenvalue weighted by molar-refractivity contribution is -0.133. The van der Waals surface area contributed by atoms with Crippen LogP contribution in [0.25, 0.3) is 0 Å². The van der Waals surface area contributed by atoms with Crippen molar-refractivity contribution in [2.45, 2.75) is 25.7 Å². The van der Waals surface area contributed by atoms with Gasteiger partial charge in [-0.2, -0.15) is 0 Å². The number of hydrogen-bond acceptors (Lipinski definition) is 6. The number of allylic oxidation sites excluding steroid dienone is 2. The van der Waals surface area contributed by atoms with E-state index in [-0.39, 0.29) is 11.8 Å². The van der Waals surface area contributed by atoms with E-state index in [4.69, 9.17) is 0 Å². The molecule has 7 nitrogen and oxygen atoms in total. The second-order valence-electron chi connectivity index (χ2n) is 6.27. The van der Waals surface area contributed by atoms with E-state index in [1.165, 1.54) is 17.8 Å². The third kappa shape index (κ3) is 4.85. The highest BCUT2D eigenvalue weighted by Gasteiger charge is 2.24. The van der Waals surface area contributed by atoms with E-state index < -0.39 is 0 Å². The number of anilines is 1. The van der Waals surface area contributed by atoms with Gasteiger partial charge in [0.2, 0.25) is 16.9 Å². The van der Waals surface area contributed by atoms with Crippen LogP contribution >= 0.6 is 11.3 Å². The summed E-state index contributed by atoms with van der Waals surface area (Å²) in [6, 6.07) is 0. The van der Waals surface area contributed by atoms with Gasteiger partial charge < -0.3 is 4.90 Å². The molecule has 1 aromatic rings. The molecule has 2 aliphatic rings. The minimum Gasteiger partial charge on any atom is -0.340 e. The smallest absolute Gasteiger partial charge is 0.240 e. The van der Waals surface area contributed by atoms with Crippen LogP contribution < -0.4 is 5.32 Å². The zero-order valence-corrected chi connectivity index (χ0v) is 14.5. The van der Waals surface area contributed by atoms with Crippen molar-refractivity contribution < 1.29 is 9.59 Å². The number of piperazine rings is 1. The Bertz CT molecular complexity index is 581. The number of rotatable bonds is 5. The highest BCUT2D eigenvalue weighted by atomic mass is 32.1. The highest BCUT2D eigenvalue weighted by molar-refractivity contribution is 7.13. The Morgan fingerprint density at radius 3 is 2.79 bits per heavy atom. The summed E-state index contributed by atoms with van der Waals surface area (Å²) < 4.78 is 0.